The largest absolute Gasteiger partial charge is 0.350 e. The van der Waals surface area contributed by atoms with Crippen LogP contribution in [0.4, 0.5) is 0 Å². The van der Waals surface area contributed by atoms with Crippen molar-refractivity contribution in [2.45, 2.75) is 25.7 Å². The molecule has 1 N–H and O–H groups in total. The lowest BCUT2D eigenvalue weighted by Gasteiger charge is -2.26. The molecule has 0 spiro atoms. The lowest BCUT2D eigenvalue weighted by molar-refractivity contribution is 0.0927. The van der Waals surface area contributed by atoms with E-state index in [2.05, 4.69) is 26.2 Å². The predicted octanol–water partition coefficient (Wildman–Crippen LogP) is 2.11. The van der Waals surface area contributed by atoms with Gasteiger partial charge in [0.15, 0.2) is 0 Å². The number of carbonyl (C=O) groups excluding carboxylic acids is 1. The normalized spacial score (nSPS) is 18.2. The number of halogens is 1. The highest BCUT2D eigenvalue weighted by Gasteiger charge is 2.33. The molecule has 4 nitrogen and oxygen atoms in total. The first kappa shape index (κ1) is 12.6. The van der Waals surface area contributed by atoms with E-state index in [1.54, 1.807) is 17.1 Å². The van der Waals surface area contributed by atoms with Gasteiger partial charge in [-0.25, -0.2) is 4.98 Å². The molecule has 0 saturated heterocycles. The molecule has 1 aromatic heterocycles. The Morgan fingerprint density at radius 2 is 2.29 bits per heavy atom. The summed E-state index contributed by atoms with van der Waals surface area (Å²) in [5.74, 6) is -0.0303. The van der Waals surface area contributed by atoms with Gasteiger partial charge >= 0.3 is 0 Å². The van der Waals surface area contributed by atoms with Crippen LogP contribution >= 0.6 is 15.9 Å². The van der Waals surface area contributed by atoms with Gasteiger partial charge in [0.1, 0.15) is 5.69 Å². The van der Waals surface area contributed by atoms with Crippen molar-refractivity contribution in [1.29, 1.82) is 0 Å². The van der Waals surface area contributed by atoms with Crippen LogP contribution in [0.5, 0.6) is 0 Å². The highest BCUT2D eigenvalue weighted by atomic mass is 79.9. The number of rotatable bonds is 4. The predicted molar refractivity (Wildman–Crippen MR) is 70.2 cm³/mol. The summed E-state index contributed by atoms with van der Waals surface area (Å²) >= 11 is 3.58. The van der Waals surface area contributed by atoms with Gasteiger partial charge < -0.3 is 9.88 Å². The Bertz CT molecular complexity index is 396. The Balaban J connectivity index is 1.94. The van der Waals surface area contributed by atoms with E-state index in [0.29, 0.717) is 5.69 Å². The molecular weight excluding hydrogens is 282 g/mol. The Hall–Kier alpha value is -0.840. The minimum absolute atomic E-state index is 0.0303. The summed E-state index contributed by atoms with van der Waals surface area (Å²) in [7, 11) is 1.83. The average Bonchev–Trinajstić information content (AvgIpc) is 2.95. The molecule has 2 rings (SSSR count). The quantitative estimate of drug-likeness (QED) is 0.866. The van der Waals surface area contributed by atoms with Crippen LogP contribution in [0.25, 0.3) is 0 Å². The maximum absolute atomic E-state index is 12.0. The number of aromatic nitrogens is 2. The van der Waals surface area contributed by atoms with Crippen molar-refractivity contribution in [2.24, 2.45) is 12.5 Å². The Kier molecular flexibility index (Phi) is 3.86. The number of nitrogens with one attached hydrogen (secondary N) is 1. The zero-order valence-corrected chi connectivity index (χ0v) is 11.7. The van der Waals surface area contributed by atoms with Crippen LogP contribution in [0.2, 0.25) is 0 Å². The molecule has 17 heavy (non-hydrogen) atoms. The third-order valence-corrected chi connectivity index (χ3v) is 4.81. The molecule has 5 heteroatoms. The van der Waals surface area contributed by atoms with E-state index in [-0.39, 0.29) is 11.3 Å². The van der Waals surface area contributed by atoms with Crippen molar-refractivity contribution in [2.75, 3.05) is 11.9 Å². The topological polar surface area (TPSA) is 46.9 Å². The zero-order valence-electron chi connectivity index (χ0n) is 10.1. The Morgan fingerprint density at radius 3 is 2.82 bits per heavy atom. The van der Waals surface area contributed by atoms with Crippen molar-refractivity contribution >= 4 is 21.8 Å². The molecule has 1 heterocycles. The Morgan fingerprint density at radius 1 is 1.59 bits per heavy atom. The van der Waals surface area contributed by atoms with Gasteiger partial charge in [0.05, 0.1) is 12.5 Å². The van der Waals surface area contributed by atoms with Crippen LogP contribution in [0.3, 0.4) is 0 Å². The highest BCUT2D eigenvalue weighted by Crippen LogP contribution is 2.38. The molecule has 0 aromatic carbocycles. The summed E-state index contributed by atoms with van der Waals surface area (Å²) < 4.78 is 1.74. The van der Waals surface area contributed by atoms with Crippen LogP contribution in [0.1, 0.15) is 36.2 Å². The molecule has 94 valence electrons. The molecule has 1 aliphatic rings. The molecular formula is C12H18BrN3O. The van der Waals surface area contributed by atoms with Gasteiger partial charge in [0.2, 0.25) is 0 Å². The summed E-state index contributed by atoms with van der Waals surface area (Å²) in [4.78, 5) is 15.9. The van der Waals surface area contributed by atoms with E-state index in [0.717, 1.165) is 11.9 Å². The second kappa shape index (κ2) is 5.21. The van der Waals surface area contributed by atoms with Crippen LogP contribution in [0, 0.1) is 5.41 Å². The first-order valence-electron chi connectivity index (χ1n) is 5.97. The molecule has 0 atom stereocenters. The molecule has 1 aromatic rings. The summed E-state index contributed by atoms with van der Waals surface area (Å²) in [6.07, 6.45) is 8.18. The lowest BCUT2D eigenvalue weighted by Crippen LogP contribution is -2.37. The third-order valence-electron chi connectivity index (χ3n) is 3.62. The van der Waals surface area contributed by atoms with Crippen molar-refractivity contribution in [3.63, 3.8) is 0 Å². The fraction of sp³-hybridized carbons (Fsp3) is 0.667. The number of aryl methyl sites for hydroxylation is 1. The first-order chi connectivity index (χ1) is 8.17. The highest BCUT2D eigenvalue weighted by molar-refractivity contribution is 9.09. The van der Waals surface area contributed by atoms with Crippen molar-refractivity contribution in [1.82, 2.24) is 14.9 Å². The second-order valence-electron chi connectivity index (χ2n) is 4.91. The molecule has 0 aliphatic heterocycles. The van der Waals surface area contributed by atoms with Crippen LogP contribution < -0.4 is 5.32 Å². The van der Waals surface area contributed by atoms with Crippen LogP contribution in [-0.4, -0.2) is 27.3 Å². The van der Waals surface area contributed by atoms with Crippen LogP contribution in [-0.2, 0) is 7.05 Å². The molecule has 1 saturated carbocycles. The summed E-state index contributed by atoms with van der Waals surface area (Å²) in [5.41, 5.74) is 0.876. The van der Waals surface area contributed by atoms with E-state index in [4.69, 9.17) is 0 Å². The molecule has 0 radical (unpaired) electrons. The van der Waals surface area contributed by atoms with E-state index in [1.807, 2.05) is 7.05 Å². The zero-order chi connectivity index (χ0) is 12.3. The number of hydrogen-bond donors (Lipinski definition) is 1. The number of carbonyl (C=O) groups is 1. The van der Waals surface area contributed by atoms with Gasteiger partial charge in [-0.3, -0.25) is 4.79 Å². The van der Waals surface area contributed by atoms with Gasteiger partial charge in [0.25, 0.3) is 5.91 Å². The molecule has 1 aliphatic carbocycles. The number of amides is 1. The lowest BCUT2D eigenvalue weighted by atomic mass is 9.89. The first-order valence-corrected chi connectivity index (χ1v) is 7.09. The number of nitrogens with zero attached hydrogens (tertiary/aromatic N) is 2. The SMILES string of the molecule is Cn1cncc1C(=O)NCC1(CBr)CCCC1. The molecule has 1 fully saturated rings. The molecule has 0 unspecified atom stereocenters. The van der Waals surface area contributed by atoms with E-state index < -0.39 is 0 Å². The summed E-state index contributed by atoms with van der Waals surface area (Å²) in [6, 6.07) is 0. The van der Waals surface area contributed by atoms with E-state index >= 15 is 0 Å². The van der Waals surface area contributed by atoms with Crippen molar-refractivity contribution in [3.05, 3.63) is 18.2 Å². The van der Waals surface area contributed by atoms with Gasteiger partial charge in [-0.1, -0.05) is 28.8 Å². The maximum Gasteiger partial charge on any atom is 0.269 e. The maximum atomic E-state index is 12.0. The van der Waals surface area contributed by atoms with Crippen molar-refractivity contribution < 1.29 is 4.79 Å². The minimum Gasteiger partial charge on any atom is -0.350 e. The second-order valence-corrected chi connectivity index (χ2v) is 5.47. The average molecular weight is 300 g/mol. The van der Waals surface area contributed by atoms with Gasteiger partial charge in [-0.2, -0.15) is 0 Å². The number of imidazole rings is 1. The number of hydrogen-bond acceptors (Lipinski definition) is 2. The molecule has 1 amide bonds. The standard InChI is InChI=1S/C12H18BrN3O/c1-16-9-14-6-10(16)11(17)15-8-12(7-13)4-2-3-5-12/h6,9H,2-5,7-8H2,1H3,(H,15,17). The third kappa shape index (κ3) is 2.70. The van der Waals surface area contributed by atoms with Crippen LogP contribution in [0.15, 0.2) is 12.5 Å². The van der Waals surface area contributed by atoms with Gasteiger partial charge in [0, 0.05) is 18.9 Å². The molecule has 0 bridgehead atoms. The van der Waals surface area contributed by atoms with Crippen molar-refractivity contribution in [3.8, 4) is 0 Å². The summed E-state index contributed by atoms with van der Waals surface area (Å²) in [6.45, 7) is 0.752. The monoisotopic (exact) mass is 299 g/mol. The number of alkyl halides is 1. The van der Waals surface area contributed by atoms with Gasteiger partial charge in [-0.05, 0) is 18.3 Å². The minimum atomic E-state index is -0.0303. The fourth-order valence-corrected chi connectivity index (χ4v) is 3.18. The smallest absolute Gasteiger partial charge is 0.269 e. The van der Waals surface area contributed by atoms with E-state index in [9.17, 15) is 4.79 Å². The van der Waals surface area contributed by atoms with Gasteiger partial charge in [-0.15, -0.1) is 0 Å². The van der Waals surface area contributed by atoms with E-state index in [1.165, 1.54) is 25.7 Å². The Labute approximate surface area is 110 Å². The summed E-state index contributed by atoms with van der Waals surface area (Å²) in [5, 5.41) is 3.99. The fourth-order valence-electron chi connectivity index (χ4n) is 2.42.